The highest BCUT2D eigenvalue weighted by Crippen LogP contribution is 2.26. The molecule has 0 spiro atoms. The Morgan fingerprint density at radius 1 is 1.62 bits per heavy atom. The molecule has 0 saturated heterocycles. The Kier molecular flexibility index (Phi) is 5.25. The summed E-state index contributed by atoms with van der Waals surface area (Å²) in [5.74, 6) is -0.304. The van der Waals surface area contributed by atoms with E-state index >= 15 is 0 Å². The van der Waals surface area contributed by atoms with Crippen LogP contribution in [0.15, 0.2) is 22.7 Å². The molecule has 0 aliphatic rings. The molecule has 0 fully saturated rings. The molecule has 1 rings (SSSR count). The summed E-state index contributed by atoms with van der Waals surface area (Å²) in [5, 5.41) is 3.89. The minimum atomic E-state index is -0.304. The van der Waals surface area contributed by atoms with E-state index in [0.717, 1.165) is 10.0 Å². The van der Waals surface area contributed by atoms with E-state index in [2.05, 4.69) is 21.2 Å². The van der Waals surface area contributed by atoms with Gasteiger partial charge in [0.05, 0.1) is 0 Å². The lowest BCUT2D eigenvalue weighted by atomic mass is 10.1. The maximum Gasteiger partial charge on any atom is 0.218 e. The number of carbonyl (C=O) groups is 1. The molecule has 1 aromatic carbocycles. The zero-order valence-corrected chi connectivity index (χ0v) is 11.3. The second kappa shape index (κ2) is 6.23. The SMILES string of the molecule is CC(NCCC(N)=O)c1ccc(Br)cc1Cl. The van der Waals surface area contributed by atoms with Crippen LogP contribution in [-0.4, -0.2) is 12.5 Å². The predicted octanol–water partition coefficient (Wildman–Crippen LogP) is 2.63. The van der Waals surface area contributed by atoms with Gasteiger partial charge in [-0.15, -0.1) is 0 Å². The second-order valence-corrected chi connectivity index (χ2v) is 4.88. The highest BCUT2D eigenvalue weighted by atomic mass is 79.9. The Morgan fingerprint density at radius 2 is 2.31 bits per heavy atom. The monoisotopic (exact) mass is 304 g/mol. The number of carbonyl (C=O) groups excluding carboxylic acids is 1. The van der Waals surface area contributed by atoms with Crippen LogP contribution in [0.2, 0.25) is 5.02 Å². The van der Waals surface area contributed by atoms with Gasteiger partial charge in [-0.25, -0.2) is 0 Å². The highest BCUT2D eigenvalue weighted by Gasteiger charge is 2.09. The lowest BCUT2D eigenvalue weighted by Crippen LogP contribution is -2.24. The number of primary amides is 1. The first-order valence-corrected chi connectivity index (χ1v) is 6.14. The maximum absolute atomic E-state index is 10.6. The van der Waals surface area contributed by atoms with E-state index in [1.54, 1.807) is 0 Å². The normalized spacial score (nSPS) is 12.4. The van der Waals surface area contributed by atoms with Gasteiger partial charge in [-0.2, -0.15) is 0 Å². The molecule has 1 amide bonds. The van der Waals surface area contributed by atoms with Crippen molar-refractivity contribution in [2.45, 2.75) is 19.4 Å². The minimum Gasteiger partial charge on any atom is -0.370 e. The number of nitrogens with two attached hydrogens (primary N) is 1. The molecule has 0 aliphatic heterocycles. The van der Waals surface area contributed by atoms with Crippen molar-refractivity contribution in [3.8, 4) is 0 Å². The fourth-order valence-corrected chi connectivity index (χ4v) is 2.21. The van der Waals surface area contributed by atoms with E-state index in [1.165, 1.54) is 0 Å². The van der Waals surface area contributed by atoms with Gasteiger partial charge < -0.3 is 11.1 Å². The van der Waals surface area contributed by atoms with E-state index in [4.69, 9.17) is 17.3 Å². The van der Waals surface area contributed by atoms with Gasteiger partial charge in [-0.05, 0) is 24.6 Å². The number of nitrogens with one attached hydrogen (secondary N) is 1. The van der Waals surface area contributed by atoms with Crippen molar-refractivity contribution in [2.24, 2.45) is 5.73 Å². The second-order valence-electron chi connectivity index (χ2n) is 3.56. The van der Waals surface area contributed by atoms with E-state index in [-0.39, 0.29) is 11.9 Å². The summed E-state index contributed by atoms with van der Waals surface area (Å²) < 4.78 is 0.950. The van der Waals surface area contributed by atoms with Crippen LogP contribution in [0.3, 0.4) is 0 Å². The molecule has 0 radical (unpaired) electrons. The van der Waals surface area contributed by atoms with Gasteiger partial charge in [0.1, 0.15) is 0 Å². The van der Waals surface area contributed by atoms with Gasteiger partial charge in [-0.3, -0.25) is 4.79 Å². The molecule has 1 unspecified atom stereocenters. The van der Waals surface area contributed by atoms with Crippen molar-refractivity contribution in [1.82, 2.24) is 5.32 Å². The van der Waals surface area contributed by atoms with Crippen LogP contribution < -0.4 is 11.1 Å². The molecule has 16 heavy (non-hydrogen) atoms. The van der Waals surface area contributed by atoms with E-state index in [0.29, 0.717) is 18.0 Å². The molecule has 0 heterocycles. The number of hydrogen-bond donors (Lipinski definition) is 2. The van der Waals surface area contributed by atoms with Crippen LogP contribution >= 0.6 is 27.5 Å². The van der Waals surface area contributed by atoms with Crippen molar-refractivity contribution in [2.75, 3.05) is 6.54 Å². The molecule has 0 saturated carbocycles. The summed E-state index contributed by atoms with van der Waals surface area (Å²) in [5.41, 5.74) is 6.06. The fourth-order valence-electron chi connectivity index (χ4n) is 1.37. The molecule has 5 heteroatoms. The molecule has 3 nitrogen and oxygen atoms in total. The van der Waals surface area contributed by atoms with Crippen LogP contribution in [0.4, 0.5) is 0 Å². The largest absolute Gasteiger partial charge is 0.370 e. The van der Waals surface area contributed by atoms with Gasteiger partial charge >= 0.3 is 0 Å². The van der Waals surface area contributed by atoms with Crippen LogP contribution in [0, 0.1) is 0 Å². The smallest absolute Gasteiger partial charge is 0.218 e. The van der Waals surface area contributed by atoms with Crippen LogP contribution in [0.1, 0.15) is 24.9 Å². The standard InChI is InChI=1S/C11H14BrClN2O/c1-7(15-5-4-11(14)16)9-3-2-8(12)6-10(9)13/h2-3,6-7,15H,4-5H2,1H3,(H2,14,16). The zero-order chi connectivity index (χ0) is 12.1. The lowest BCUT2D eigenvalue weighted by molar-refractivity contribution is -0.117. The third-order valence-corrected chi connectivity index (χ3v) is 3.07. The summed E-state index contributed by atoms with van der Waals surface area (Å²) in [4.78, 5) is 10.6. The number of rotatable bonds is 5. The topological polar surface area (TPSA) is 55.1 Å². The van der Waals surface area contributed by atoms with Gasteiger partial charge in [0.2, 0.25) is 5.91 Å². The van der Waals surface area contributed by atoms with Crippen molar-refractivity contribution < 1.29 is 4.79 Å². The summed E-state index contributed by atoms with van der Waals surface area (Å²) in [6.45, 7) is 2.55. The summed E-state index contributed by atoms with van der Waals surface area (Å²) in [6.07, 6.45) is 0.332. The predicted molar refractivity (Wildman–Crippen MR) is 69.4 cm³/mol. The van der Waals surface area contributed by atoms with Crippen LogP contribution in [0.5, 0.6) is 0 Å². The minimum absolute atomic E-state index is 0.0972. The third kappa shape index (κ3) is 4.12. The average Bonchev–Trinajstić information content (AvgIpc) is 2.16. The summed E-state index contributed by atoms with van der Waals surface area (Å²) >= 11 is 9.46. The van der Waals surface area contributed by atoms with Crippen molar-refractivity contribution in [3.63, 3.8) is 0 Å². The quantitative estimate of drug-likeness (QED) is 0.878. The van der Waals surface area contributed by atoms with Crippen molar-refractivity contribution >= 4 is 33.4 Å². The lowest BCUT2D eigenvalue weighted by Gasteiger charge is -2.15. The highest BCUT2D eigenvalue weighted by molar-refractivity contribution is 9.10. The summed E-state index contributed by atoms with van der Waals surface area (Å²) in [7, 11) is 0. The molecule has 1 atom stereocenters. The van der Waals surface area contributed by atoms with Gasteiger partial charge in [0.25, 0.3) is 0 Å². The van der Waals surface area contributed by atoms with Gasteiger partial charge in [0, 0.05) is 28.5 Å². The molecular formula is C11H14BrClN2O. The number of amides is 1. The van der Waals surface area contributed by atoms with Crippen molar-refractivity contribution in [3.05, 3.63) is 33.3 Å². The maximum atomic E-state index is 10.6. The first-order valence-electron chi connectivity index (χ1n) is 4.97. The zero-order valence-electron chi connectivity index (χ0n) is 8.97. The van der Waals surface area contributed by atoms with Crippen LogP contribution in [-0.2, 0) is 4.79 Å². The van der Waals surface area contributed by atoms with Crippen molar-refractivity contribution in [1.29, 1.82) is 0 Å². The average molecular weight is 306 g/mol. The first kappa shape index (κ1) is 13.5. The fraction of sp³-hybridized carbons (Fsp3) is 0.364. The third-order valence-electron chi connectivity index (χ3n) is 2.25. The molecule has 0 aromatic heterocycles. The first-order chi connectivity index (χ1) is 7.50. The van der Waals surface area contributed by atoms with Gasteiger partial charge in [-0.1, -0.05) is 33.6 Å². The molecule has 0 bridgehead atoms. The van der Waals surface area contributed by atoms with Gasteiger partial charge in [0.15, 0.2) is 0 Å². The molecule has 88 valence electrons. The number of halogens is 2. The van der Waals surface area contributed by atoms with E-state index < -0.39 is 0 Å². The Labute approximate surface area is 108 Å². The Balaban J connectivity index is 2.58. The summed E-state index contributed by atoms with van der Waals surface area (Å²) in [6, 6.07) is 5.84. The van der Waals surface area contributed by atoms with E-state index in [9.17, 15) is 4.79 Å². The number of hydrogen-bond acceptors (Lipinski definition) is 2. The number of benzene rings is 1. The Morgan fingerprint density at radius 3 is 2.88 bits per heavy atom. The van der Waals surface area contributed by atoms with Crippen LogP contribution in [0.25, 0.3) is 0 Å². The van der Waals surface area contributed by atoms with E-state index in [1.807, 2.05) is 25.1 Å². The molecule has 3 N–H and O–H groups in total. The molecule has 1 aromatic rings. The molecule has 0 aliphatic carbocycles. The Bertz CT molecular complexity index is 384. The molecular weight excluding hydrogens is 291 g/mol. The Hall–Kier alpha value is -0.580.